The highest BCUT2D eigenvalue weighted by molar-refractivity contribution is 5.79. The molecule has 0 spiro atoms. The molecule has 0 aromatic rings. The standard InChI is InChI=1S/C11H25N5/c1-2-6-13-11(15-12)14-7-5-10-16-8-3-4-9-16/h2-10,12H2,1H3,(H2,13,14,15). The second-order valence-corrected chi connectivity index (χ2v) is 4.20. The lowest BCUT2D eigenvalue weighted by Gasteiger charge is -2.15. The van der Waals surface area contributed by atoms with E-state index in [9.17, 15) is 0 Å². The average molecular weight is 227 g/mol. The number of nitrogens with one attached hydrogen (secondary N) is 2. The van der Waals surface area contributed by atoms with Gasteiger partial charge < -0.3 is 10.2 Å². The summed E-state index contributed by atoms with van der Waals surface area (Å²) in [6.07, 6.45) is 4.91. The molecule has 0 radical (unpaired) electrons. The van der Waals surface area contributed by atoms with Crippen LogP contribution in [0.3, 0.4) is 0 Å². The van der Waals surface area contributed by atoms with Gasteiger partial charge in [-0.15, -0.1) is 0 Å². The van der Waals surface area contributed by atoms with Crippen LogP contribution >= 0.6 is 0 Å². The van der Waals surface area contributed by atoms with Crippen LogP contribution in [-0.4, -0.2) is 43.6 Å². The van der Waals surface area contributed by atoms with E-state index in [-0.39, 0.29) is 0 Å². The Bertz CT molecular complexity index is 199. The van der Waals surface area contributed by atoms with Crippen LogP contribution < -0.4 is 16.6 Å². The predicted molar refractivity (Wildman–Crippen MR) is 68.2 cm³/mol. The molecule has 5 nitrogen and oxygen atoms in total. The van der Waals surface area contributed by atoms with Gasteiger partial charge in [-0.2, -0.15) is 0 Å². The van der Waals surface area contributed by atoms with Crippen molar-refractivity contribution in [3.63, 3.8) is 0 Å². The number of hydrogen-bond donors (Lipinski definition) is 3. The summed E-state index contributed by atoms with van der Waals surface area (Å²) in [6, 6.07) is 0. The Balaban J connectivity index is 2.03. The lowest BCUT2D eigenvalue weighted by Crippen LogP contribution is -2.42. The molecule has 0 aromatic carbocycles. The molecule has 1 aliphatic rings. The minimum Gasteiger partial charge on any atom is -0.355 e. The minimum atomic E-state index is 0.711. The van der Waals surface area contributed by atoms with Crippen molar-refractivity contribution in [3.8, 4) is 0 Å². The van der Waals surface area contributed by atoms with E-state index >= 15 is 0 Å². The fourth-order valence-electron chi connectivity index (χ4n) is 1.89. The monoisotopic (exact) mass is 227 g/mol. The lowest BCUT2D eigenvalue weighted by atomic mass is 10.4. The molecule has 16 heavy (non-hydrogen) atoms. The maximum atomic E-state index is 5.36. The van der Waals surface area contributed by atoms with Crippen LogP contribution in [0.4, 0.5) is 0 Å². The summed E-state index contributed by atoms with van der Waals surface area (Å²) in [5.74, 6) is 6.08. The molecule has 1 aliphatic heterocycles. The second-order valence-electron chi connectivity index (χ2n) is 4.20. The first-order valence-corrected chi connectivity index (χ1v) is 6.34. The molecule has 0 aromatic heterocycles. The van der Waals surface area contributed by atoms with Gasteiger partial charge in [0.1, 0.15) is 0 Å². The summed E-state index contributed by atoms with van der Waals surface area (Å²) in [7, 11) is 0. The Labute approximate surface area is 98.4 Å². The van der Waals surface area contributed by atoms with E-state index in [0.29, 0.717) is 5.96 Å². The van der Waals surface area contributed by atoms with Gasteiger partial charge in [-0.3, -0.25) is 10.4 Å². The van der Waals surface area contributed by atoms with Crippen molar-refractivity contribution in [2.45, 2.75) is 32.6 Å². The normalized spacial score (nSPS) is 17.8. The number of aliphatic imine (C=N–C) groups is 1. The highest BCUT2D eigenvalue weighted by Gasteiger charge is 2.09. The molecule has 5 heteroatoms. The summed E-state index contributed by atoms with van der Waals surface area (Å²) in [5, 5.41) is 3.22. The van der Waals surface area contributed by atoms with Crippen molar-refractivity contribution in [1.29, 1.82) is 0 Å². The quantitative estimate of drug-likeness (QED) is 0.201. The molecule has 0 aliphatic carbocycles. The predicted octanol–water partition coefficient (Wildman–Crippen LogP) is 0.291. The molecular formula is C11H25N5. The average Bonchev–Trinajstić information content (AvgIpc) is 2.81. The molecule has 1 fully saturated rings. The van der Waals surface area contributed by atoms with Crippen LogP contribution in [0, 0.1) is 0 Å². The Morgan fingerprint density at radius 3 is 2.75 bits per heavy atom. The van der Waals surface area contributed by atoms with Crippen LogP contribution in [0.15, 0.2) is 4.99 Å². The molecule has 0 unspecified atom stereocenters. The van der Waals surface area contributed by atoms with E-state index in [1.165, 1.54) is 32.5 Å². The van der Waals surface area contributed by atoms with Gasteiger partial charge in [0.2, 0.25) is 5.96 Å². The molecule has 0 amide bonds. The van der Waals surface area contributed by atoms with E-state index in [1.54, 1.807) is 0 Å². The summed E-state index contributed by atoms with van der Waals surface area (Å²) < 4.78 is 0. The Morgan fingerprint density at radius 1 is 1.38 bits per heavy atom. The van der Waals surface area contributed by atoms with E-state index in [0.717, 1.165) is 25.9 Å². The third kappa shape index (κ3) is 5.32. The zero-order chi connectivity index (χ0) is 11.6. The maximum Gasteiger partial charge on any atom is 0.205 e. The van der Waals surface area contributed by atoms with Gasteiger partial charge >= 0.3 is 0 Å². The topological polar surface area (TPSA) is 65.7 Å². The summed E-state index contributed by atoms with van der Waals surface area (Å²) in [4.78, 5) is 6.80. The van der Waals surface area contributed by atoms with Gasteiger partial charge in [-0.1, -0.05) is 6.92 Å². The van der Waals surface area contributed by atoms with Crippen LogP contribution in [0.1, 0.15) is 32.6 Å². The number of likely N-dealkylation sites (tertiary alicyclic amines) is 1. The lowest BCUT2D eigenvalue weighted by molar-refractivity contribution is 0.334. The van der Waals surface area contributed by atoms with Gasteiger partial charge in [0.25, 0.3) is 0 Å². The molecule has 0 atom stereocenters. The molecule has 94 valence electrons. The fourth-order valence-corrected chi connectivity index (χ4v) is 1.89. The van der Waals surface area contributed by atoms with Crippen LogP contribution in [0.2, 0.25) is 0 Å². The number of rotatable bonds is 6. The highest BCUT2D eigenvalue weighted by Crippen LogP contribution is 2.06. The molecule has 0 bridgehead atoms. The second kappa shape index (κ2) is 8.35. The minimum absolute atomic E-state index is 0.711. The van der Waals surface area contributed by atoms with Crippen LogP contribution in [0.5, 0.6) is 0 Å². The summed E-state index contributed by atoms with van der Waals surface area (Å²) in [5.41, 5.74) is 2.59. The van der Waals surface area contributed by atoms with Crippen molar-refractivity contribution in [2.24, 2.45) is 10.8 Å². The first-order valence-electron chi connectivity index (χ1n) is 6.34. The highest BCUT2D eigenvalue weighted by atomic mass is 15.3. The van der Waals surface area contributed by atoms with Crippen LogP contribution in [0.25, 0.3) is 0 Å². The number of guanidine groups is 1. The Hall–Kier alpha value is -0.810. The number of nitrogens with zero attached hydrogens (tertiary/aromatic N) is 2. The molecule has 0 saturated carbocycles. The van der Waals surface area contributed by atoms with E-state index < -0.39 is 0 Å². The van der Waals surface area contributed by atoms with Crippen molar-refractivity contribution >= 4 is 5.96 Å². The van der Waals surface area contributed by atoms with E-state index in [4.69, 9.17) is 5.84 Å². The number of nitrogens with two attached hydrogens (primary N) is 1. The summed E-state index contributed by atoms with van der Waals surface area (Å²) >= 11 is 0. The van der Waals surface area contributed by atoms with Crippen LogP contribution in [-0.2, 0) is 0 Å². The summed E-state index contributed by atoms with van der Waals surface area (Å²) in [6.45, 7) is 7.57. The molecular weight excluding hydrogens is 202 g/mol. The van der Waals surface area contributed by atoms with E-state index in [1.807, 2.05) is 0 Å². The zero-order valence-corrected chi connectivity index (χ0v) is 10.3. The zero-order valence-electron chi connectivity index (χ0n) is 10.3. The number of hydrazine groups is 1. The van der Waals surface area contributed by atoms with E-state index in [2.05, 4.69) is 27.6 Å². The molecule has 4 N–H and O–H groups in total. The Morgan fingerprint density at radius 2 is 2.12 bits per heavy atom. The first-order chi connectivity index (χ1) is 7.86. The SMILES string of the molecule is CCCN=C(NN)NCCCN1CCCC1. The van der Waals surface area contributed by atoms with Gasteiger partial charge in [-0.25, -0.2) is 5.84 Å². The van der Waals surface area contributed by atoms with Gasteiger partial charge in [-0.05, 0) is 45.3 Å². The largest absolute Gasteiger partial charge is 0.355 e. The molecule has 1 heterocycles. The first kappa shape index (κ1) is 13.3. The van der Waals surface area contributed by atoms with Crippen molar-refractivity contribution in [2.75, 3.05) is 32.7 Å². The van der Waals surface area contributed by atoms with Gasteiger partial charge in [0.15, 0.2) is 0 Å². The van der Waals surface area contributed by atoms with Crippen molar-refractivity contribution < 1.29 is 0 Å². The number of hydrogen-bond acceptors (Lipinski definition) is 3. The third-order valence-corrected chi connectivity index (χ3v) is 2.77. The maximum absolute atomic E-state index is 5.36. The fraction of sp³-hybridized carbons (Fsp3) is 0.909. The smallest absolute Gasteiger partial charge is 0.205 e. The molecule has 1 saturated heterocycles. The molecule has 1 rings (SSSR count). The third-order valence-electron chi connectivity index (χ3n) is 2.77. The van der Waals surface area contributed by atoms with Gasteiger partial charge in [0.05, 0.1) is 0 Å². The van der Waals surface area contributed by atoms with Crippen molar-refractivity contribution in [3.05, 3.63) is 0 Å². The van der Waals surface area contributed by atoms with Crippen molar-refractivity contribution in [1.82, 2.24) is 15.6 Å². The Kier molecular flexibility index (Phi) is 6.92. The van der Waals surface area contributed by atoms with Gasteiger partial charge in [0, 0.05) is 13.1 Å².